The first-order valence-corrected chi connectivity index (χ1v) is 7.14. The molecule has 0 saturated carbocycles. The van der Waals surface area contributed by atoms with Crippen molar-refractivity contribution in [1.82, 2.24) is 10.2 Å². The highest BCUT2D eigenvalue weighted by atomic mass is 35.5. The van der Waals surface area contributed by atoms with Crippen LogP contribution in [-0.2, 0) is 4.79 Å². The topological polar surface area (TPSA) is 75.4 Å². The first-order valence-electron chi connectivity index (χ1n) is 6.76. The number of rotatable bonds is 3. The number of primary amides is 1. The van der Waals surface area contributed by atoms with Crippen LogP contribution in [-0.4, -0.2) is 36.0 Å². The van der Waals surface area contributed by atoms with Gasteiger partial charge in [-0.05, 0) is 36.6 Å². The third kappa shape index (κ3) is 4.06. The third-order valence-electron chi connectivity index (χ3n) is 3.61. The monoisotopic (exact) mass is 307 g/mol. The SMILES string of the molecule is C[C@H](C(=O)NC(N)=O)N1CC=C(c2cccc(Cl)c2)CC1. The second-order valence-corrected chi connectivity index (χ2v) is 5.45. The fraction of sp³-hybridized carbons (Fsp3) is 0.333. The molecule has 0 saturated heterocycles. The molecule has 2 rings (SSSR count). The van der Waals surface area contributed by atoms with Gasteiger partial charge in [-0.1, -0.05) is 29.8 Å². The zero-order chi connectivity index (χ0) is 15.4. The Morgan fingerprint density at radius 2 is 2.19 bits per heavy atom. The summed E-state index contributed by atoms with van der Waals surface area (Å²) in [6.07, 6.45) is 2.91. The summed E-state index contributed by atoms with van der Waals surface area (Å²) in [5.41, 5.74) is 7.29. The number of carbonyl (C=O) groups is 2. The van der Waals surface area contributed by atoms with E-state index >= 15 is 0 Å². The summed E-state index contributed by atoms with van der Waals surface area (Å²) in [7, 11) is 0. The Hall–Kier alpha value is -1.85. The average Bonchev–Trinajstić information content (AvgIpc) is 2.46. The second-order valence-electron chi connectivity index (χ2n) is 5.01. The van der Waals surface area contributed by atoms with Crippen LogP contribution in [0, 0.1) is 0 Å². The predicted molar refractivity (Wildman–Crippen MR) is 82.8 cm³/mol. The number of nitrogens with zero attached hydrogens (tertiary/aromatic N) is 1. The Balaban J connectivity index is 2.01. The van der Waals surface area contributed by atoms with Crippen LogP contribution in [0.1, 0.15) is 18.9 Å². The summed E-state index contributed by atoms with van der Waals surface area (Å²) in [5.74, 6) is -0.373. The van der Waals surface area contributed by atoms with Crippen LogP contribution in [0.25, 0.3) is 5.57 Å². The van der Waals surface area contributed by atoms with E-state index in [0.29, 0.717) is 11.6 Å². The molecule has 1 atom stereocenters. The fourth-order valence-electron chi connectivity index (χ4n) is 2.38. The number of halogens is 1. The smallest absolute Gasteiger partial charge is 0.318 e. The highest BCUT2D eigenvalue weighted by molar-refractivity contribution is 6.30. The lowest BCUT2D eigenvalue weighted by molar-refractivity contribution is -0.124. The molecule has 0 unspecified atom stereocenters. The molecule has 21 heavy (non-hydrogen) atoms. The summed E-state index contributed by atoms with van der Waals surface area (Å²) < 4.78 is 0. The minimum atomic E-state index is -0.820. The molecule has 1 aromatic rings. The molecule has 3 N–H and O–H groups in total. The van der Waals surface area contributed by atoms with Gasteiger partial charge in [-0.2, -0.15) is 0 Å². The molecule has 1 aliphatic heterocycles. The third-order valence-corrected chi connectivity index (χ3v) is 3.84. The van der Waals surface area contributed by atoms with Crippen molar-refractivity contribution >= 4 is 29.1 Å². The van der Waals surface area contributed by atoms with Crippen molar-refractivity contribution in [3.05, 3.63) is 40.9 Å². The van der Waals surface area contributed by atoms with Crippen molar-refractivity contribution < 1.29 is 9.59 Å². The molecule has 1 heterocycles. The molecule has 0 fully saturated rings. The largest absolute Gasteiger partial charge is 0.351 e. The van der Waals surface area contributed by atoms with E-state index in [2.05, 4.69) is 11.4 Å². The second kappa shape index (κ2) is 6.74. The van der Waals surface area contributed by atoms with Crippen LogP contribution in [0.2, 0.25) is 5.02 Å². The van der Waals surface area contributed by atoms with Gasteiger partial charge in [0.05, 0.1) is 6.04 Å². The number of nitrogens with one attached hydrogen (secondary N) is 1. The highest BCUT2D eigenvalue weighted by Crippen LogP contribution is 2.25. The van der Waals surface area contributed by atoms with Gasteiger partial charge in [-0.3, -0.25) is 15.0 Å². The Kier molecular flexibility index (Phi) is 4.98. The van der Waals surface area contributed by atoms with E-state index < -0.39 is 12.1 Å². The number of amides is 3. The van der Waals surface area contributed by atoms with Crippen molar-refractivity contribution in [2.75, 3.05) is 13.1 Å². The van der Waals surface area contributed by atoms with Crippen molar-refractivity contribution in [3.8, 4) is 0 Å². The molecule has 112 valence electrons. The van der Waals surface area contributed by atoms with Gasteiger partial charge in [0.2, 0.25) is 5.91 Å². The molecule has 5 nitrogen and oxygen atoms in total. The quantitative estimate of drug-likeness (QED) is 0.897. The fourth-order valence-corrected chi connectivity index (χ4v) is 2.57. The molecule has 0 aliphatic carbocycles. The number of hydrogen-bond donors (Lipinski definition) is 2. The van der Waals surface area contributed by atoms with Gasteiger partial charge in [-0.15, -0.1) is 0 Å². The van der Waals surface area contributed by atoms with Crippen LogP contribution >= 0.6 is 11.6 Å². The summed E-state index contributed by atoms with van der Waals surface area (Å²) in [6.45, 7) is 3.15. The van der Waals surface area contributed by atoms with Gasteiger partial charge in [0.15, 0.2) is 0 Å². The van der Waals surface area contributed by atoms with Crippen molar-refractivity contribution in [3.63, 3.8) is 0 Å². The zero-order valence-corrected chi connectivity index (χ0v) is 12.6. The summed E-state index contributed by atoms with van der Waals surface area (Å²) in [4.78, 5) is 24.5. The van der Waals surface area contributed by atoms with Crippen LogP contribution in [0.3, 0.4) is 0 Å². The van der Waals surface area contributed by atoms with Gasteiger partial charge < -0.3 is 5.73 Å². The van der Waals surface area contributed by atoms with E-state index in [4.69, 9.17) is 17.3 Å². The van der Waals surface area contributed by atoms with Crippen molar-refractivity contribution in [2.45, 2.75) is 19.4 Å². The van der Waals surface area contributed by atoms with E-state index in [-0.39, 0.29) is 5.91 Å². The first-order chi connectivity index (χ1) is 9.97. The number of urea groups is 1. The Morgan fingerprint density at radius 1 is 1.43 bits per heavy atom. The number of carbonyl (C=O) groups excluding carboxylic acids is 2. The maximum Gasteiger partial charge on any atom is 0.318 e. The normalized spacial score (nSPS) is 17.0. The lowest BCUT2D eigenvalue weighted by atomic mass is 9.99. The molecule has 6 heteroatoms. The van der Waals surface area contributed by atoms with Crippen LogP contribution in [0.15, 0.2) is 30.3 Å². The Labute approximate surface area is 128 Å². The molecule has 1 aromatic carbocycles. The molecule has 3 amide bonds. The molecule has 0 radical (unpaired) electrons. The maximum absolute atomic E-state index is 11.8. The summed E-state index contributed by atoms with van der Waals surface area (Å²) in [6, 6.07) is 6.52. The van der Waals surface area contributed by atoms with Crippen molar-refractivity contribution in [2.24, 2.45) is 5.73 Å². The molecule has 0 aromatic heterocycles. The molecule has 0 spiro atoms. The molecule has 1 aliphatic rings. The average molecular weight is 308 g/mol. The number of nitrogens with two attached hydrogens (primary N) is 1. The van der Waals surface area contributed by atoms with Crippen LogP contribution in [0.4, 0.5) is 4.79 Å². The van der Waals surface area contributed by atoms with E-state index in [9.17, 15) is 9.59 Å². The molecular formula is C15H18ClN3O2. The predicted octanol–water partition coefficient (Wildman–Crippen LogP) is 2.01. The van der Waals surface area contributed by atoms with Gasteiger partial charge in [-0.25, -0.2) is 4.79 Å². The van der Waals surface area contributed by atoms with E-state index in [1.807, 2.05) is 29.2 Å². The summed E-state index contributed by atoms with van der Waals surface area (Å²) >= 11 is 6.00. The van der Waals surface area contributed by atoms with Gasteiger partial charge in [0.25, 0.3) is 0 Å². The van der Waals surface area contributed by atoms with E-state index in [0.717, 1.165) is 18.5 Å². The van der Waals surface area contributed by atoms with Crippen LogP contribution in [0.5, 0.6) is 0 Å². The molecular weight excluding hydrogens is 290 g/mol. The lowest BCUT2D eigenvalue weighted by Crippen LogP contribution is -2.49. The number of imide groups is 1. The minimum Gasteiger partial charge on any atom is -0.351 e. The van der Waals surface area contributed by atoms with Crippen molar-refractivity contribution in [1.29, 1.82) is 0 Å². The number of hydrogen-bond acceptors (Lipinski definition) is 3. The van der Waals surface area contributed by atoms with Gasteiger partial charge in [0, 0.05) is 18.1 Å². The van der Waals surface area contributed by atoms with Crippen LogP contribution < -0.4 is 11.1 Å². The van der Waals surface area contributed by atoms with Gasteiger partial charge >= 0.3 is 6.03 Å². The zero-order valence-electron chi connectivity index (χ0n) is 11.8. The Morgan fingerprint density at radius 3 is 2.76 bits per heavy atom. The molecule has 0 bridgehead atoms. The van der Waals surface area contributed by atoms with Gasteiger partial charge in [0.1, 0.15) is 0 Å². The lowest BCUT2D eigenvalue weighted by Gasteiger charge is -2.30. The van der Waals surface area contributed by atoms with E-state index in [1.165, 1.54) is 5.57 Å². The highest BCUT2D eigenvalue weighted by Gasteiger charge is 2.24. The number of benzene rings is 1. The first kappa shape index (κ1) is 15.5. The summed E-state index contributed by atoms with van der Waals surface area (Å²) in [5, 5.41) is 2.82. The minimum absolute atomic E-state index is 0.373. The maximum atomic E-state index is 11.8. The Bertz CT molecular complexity index is 586. The standard InChI is InChI=1S/C15H18ClN3O2/c1-10(14(20)18-15(17)21)19-7-5-11(6-8-19)12-3-2-4-13(16)9-12/h2-5,9-10H,6-8H2,1H3,(H3,17,18,20,21)/t10-/m1/s1. The van der Waals surface area contributed by atoms with E-state index in [1.54, 1.807) is 6.92 Å².